The van der Waals surface area contributed by atoms with Gasteiger partial charge < -0.3 is 10.5 Å². The minimum absolute atomic E-state index is 0.110. The molecular weight excluding hydrogens is 276 g/mol. The van der Waals surface area contributed by atoms with Crippen LogP contribution in [0, 0.1) is 12.8 Å². The maximum atomic E-state index is 12.3. The largest absolute Gasteiger partial charge is 0.378 e. The normalized spacial score (nSPS) is 23.1. The quantitative estimate of drug-likeness (QED) is 0.854. The van der Waals surface area contributed by atoms with Crippen molar-refractivity contribution in [3.8, 4) is 0 Å². The van der Waals surface area contributed by atoms with Crippen LogP contribution in [-0.4, -0.2) is 27.7 Å². The summed E-state index contributed by atoms with van der Waals surface area (Å²) < 4.78 is 32.8. The van der Waals surface area contributed by atoms with Gasteiger partial charge in [-0.3, -0.25) is 0 Å². The third-order valence-electron chi connectivity index (χ3n) is 3.83. The lowest BCUT2D eigenvalue weighted by molar-refractivity contribution is 0.107. The molecule has 2 unspecified atom stereocenters. The van der Waals surface area contributed by atoms with E-state index in [1.807, 2.05) is 13.0 Å². The molecule has 1 saturated heterocycles. The minimum atomic E-state index is -3.47. The van der Waals surface area contributed by atoms with Crippen LogP contribution >= 0.6 is 0 Å². The molecule has 0 aliphatic carbocycles. The molecule has 112 valence electrons. The van der Waals surface area contributed by atoms with Gasteiger partial charge in [-0.1, -0.05) is 12.1 Å². The molecule has 1 aromatic rings. The first-order chi connectivity index (χ1) is 9.44. The zero-order chi connectivity index (χ0) is 14.8. The fourth-order valence-corrected chi connectivity index (χ4v) is 3.80. The highest BCUT2D eigenvalue weighted by atomic mass is 32.2. The molecule has 0 bridgehead atoms. The number of rotatable bonds is 5. The Bertz CT molecular complexity index is 572. The summed E-state index contributed by atoms with van der Waals surface area (Å²) in [6.45, 7) is 5.30. The van der Waals surface area contributed by atoms with E-state index in [4.69, 9.17) is 10.5 Å². The van der Waals surface area contributed by atoms with Gasteiger partial charge in [0.1, 0.15) is 0 Å². The molecular formula is C14H22N2O3S. The first kappa shape index (κ1) is 15.4. The summed E-state index contributed by atoms with van der Waals surface area (Å²) in [5.41, 5.74) is 7.20. The molecule has 5 nitrogen and oxygen atoms in total. The van der Waals surface area contributed by atoms with E-state index >= 15 is 0 Å². The number of aryl methyl sites for hydroxylation is 1. The molecule has 1 aliphatic rings. The number of hydrogen-bond donors (Lipinski definition) is 2. The fraction of sp³-hybridized carbons (Fsp3) is 0.571. The molecule has 20 heavy (non-hydrogen) atoms. The molecule has 3 N–H and O–H groups in total. The van der Waals surface area contributed by atoms with Crippen molar-refractivity contribution in [1.82, 2.24) is 4.72 Å². The molecule has 1 aliphatic heterocycles. The van der Waals surface area contributed by atoms with Crippen LogP contribution in [0.1, 0.15) is 24.5 Å². The average molecular weight is 298 g/mol. The maximum absolute atomic E-state index is 12.3. The zero-order valence-electron chi connectivity index (χ0n) is 11.9. The highest BCUT2D eigenvalue weighted by molar-refractivity contribution is 7.89. The summed E-state index contributed by atoms with van der Waals surface area (Å²) in [7, 11) is -3.47. The van der Waals surface area contributed by atoms with Gasteiger partial charge in [-0.25, -0.2) is 13.1 Å². The van der Waals surface area contributed by atoms with Crippen LogP contribution in [0.2, 0.25) is 0 Å². The Hall–Kier alpha value is -0.950. The van der Waals surface area contributed by atoms with Crippen molar-refractivity contribution in [3.05, 3.63) is 29.3 Å². The van der Waals surface area contributed by atoms with E-state index in [9.17, 15) is 8.42 Å². The van der Waals surface area contributed by atoms with E-state index < -0.39 is 10.0 Å². The summed E-state index contributed by atoms with van der Waals surface area (Å²) in [6, 6.07) is 5.19. The third-order valence-corrected chi connectivity index (χ3v) is 5.42. The molecule has 0 saturated carbocycles. The third kappa shape index (κ3) is 3.38. The Labute approximate surface area is 120 Å². The zero-order valence-corrected chi connectivity index (χ0v) is 12.7. The van der Waals surface area contributed by atoms with Gasteiger partial charge in [0.25, 0.3) is 0 Å². The van der Waals surface area contributed by atoms with E-state index in [0.717, 1.165) is 17.5 Å². The lowest BCUT2D eigenvalue weighted by atomic mass is 10.0. The molecule has 1 aromatic carbocycles. The van der Waals surface area contributed by atoms with E-state index in [0.29, 0.717) is 24.6 Å². The smallest absolute Gasteiger partial charge is 0.240 e. The lowest BCUT2D eigenvalue weighted by Crippen LogP contribution is -2.32. The summed E-state index contributed by atoms with van der Waals surface area (Å²) >= 11 is 0. The minimum Gasteiger partial charge on any atom is -0.378 e. The second kappa shape index (κ2) is 6.22. The monoisotopic (exact) mass is 298 g/mol. The number of nitrogens with one attached hydrogen (secondary N) is 1. The molecule has 2 atom stereocenters. The van der Waals surface area contributed by atoms with Crippen LogP contribution in [0.5, 0.6) is 0 Å². The number of benzene rings is 1. The van der Waals surface area contributed by atoms with E-state index in [2.05, 4.69) is 4.72 Å². The van der Waals surface area contributed by atoms with Crippen LogP contribution in [0.4, 0.5) is 0 Å². The number of nitrogens with two attached hydrogens (primary N) is 1. The predicted octanol–water partition coefficient (Wildman–Crippen LogP) is 1.16. The Morgan fingerprint density at radius 2 is 2.20 bits per heavy atom. The fourth-order valence-electron chi connectivity index (χ4n) is 2.48. The summed E-state index contributed by atoms with van der Waals surface area (Å²) in [5, 5.41) is 0. The van der Waals surface area contributed by atoms with Gasteiger partial charge >= 0.3 is 0 Å². The van der Waals surface area contributed by atoms with Crippen molar-refractivity contribution in [2.45, 2.75) is 37.8 Å². The summed E-state index contributed by atoms with van der Waals surface area (Å²) in [5.74, 6) is 0.244. The molecule has 2 rings (SSSR count). The molecule has 1 fully saturated rings. The maximum Gasteiger partial charge on any atom is 0.240 e. The van der Waals surface area contributed by atoms with Crippen molar-refractivity contribution in [2.24, 2.45) is 11.7 Å². The number of hydrogen-bond acceptors (Lipinski definition) is 4. The lowest BCUT2D eigenvalue weighted by Gasteiger charge is -2.16. The Morgan fingerprint density at radius 3 is 2.75 bits per heavy atom. The molecule has 0 radical (unpaired) electrons. The molecule has 0 aromatic heterocycles. The SMILES string of the molecule is Cc1cc(CN)ccc1S(=O)(=O)NCC1CCOC1C. The second-order valence-corrected chi connectivity index (χ2v) is 7.02. The van der Waals surface area contributed by atoms with Crippen LogP contribution in [0.3, 0.4) is 0 Å². The summed E-state index contributed by atoms with van der Waals surface area (Å²) in [4.78, 5) is 0.321. The topological polar surface area (TPSA) is 81.4 Å². The van der Waals surface area contributed by atoms with Crippen LogP contribution in [0.25, 0.3) is 0 Å². The number of sulfonamides is 1. The molecule has 0 amide bonds. The highest BCUT2D eigenvalue weighted by Gasteiger charge is 2.26. The van der Waals surface area contributed by atoms with Crippen molar-refractivity contribution in [3.63, 3.8) is 0 Å². The van der Waals surface area contributed by atoms with Crippen molar-refractivity contribution in [2.75, 3.05) is 13.2 Å². The van der Waals surface area contributed by atoms with Crippen molar-refractivity contribution in [1.29, 1.82) is 0 Å². The van der Waals surface area contributed by atoms with Gasteiger partial charge in [0, 0.05) is 25.6 Å². The average Bonchev–Trinajstić information content (AvgIpc) is 2.81. The number of ether oxygens (including phenoxy) is 1. The van der Waals surface area contributed by atoms with E-state index in [-0.39, 0.29) is 12.0 Å². The Morgan fingerprint density at radius 1 is 1.45 bits per heavy atom. The van der Waals surface area contributed by atoms with E-state index in [1.165, 1.54) is 0 Å². The van der Waals surface area contributed by atoms with Crippen LogP contribution in [-0.2, 0) is 21.3 Å². The Kier molecular flexibility index (Phi) is 4.80. The van der Waals surface area contributed by atoms with E-state index in [1.54, 1.807) is 19.1 Å². The van der Waals surface area contributed by atoms with Gasteiger partial charge in [0.2, 0.25) is 10.0 Å². The van der Waals surface area contributed by atoms with Gasteiger partial charge in [-0.2, -0.15) is 0 Å². The first-order valence-corrected chi connectivity index (χ1v) is 8.33. The van der Waals surface area contributed by atoms with Gasteiger partial charge in [-0.05, 0) is 37.5 Å². The Balaban J connectivity index is 2.10. The van der Waals surface area contributed by atoms with Crippen molar-refractivity contribution >= 4 is 10.0 Å². The van der Waals surface area contributed by atoms with Crippen LogP contribution < -0.4 is 10.5 Å². The standard InChI is InChI=1S/C14H22N2O3S/c1-10-7-12(8-15)3-4-14(10)20(17,18)16-9-13-5-6-19-11(13)2/h3-4,7,11,13,16H,5-6,8-9,15H2,1-2H3. The van der Waals surface area contributed by atoms with Gasteiger partial charge in [-0.15, -0.1) is 0 Å². The second-order valence-electron chi connectivity index (χ2n) is 5.28. The summed E-state index contributed by atoms with van der Waals surface area (Å²) in [6.07, 6.45) is 1.01. The molecule has 0 spiro atoms. The van der Waals surface area contributed by atoms with Gasteiger partial charge in [0.15, 0.2) is 0 Å². The van der Waals surface area contributed by atoms with Crippen molar-refractivity contribution < 1.29 is 13.2 Å². The van der Waals surface area contributed by atoms with Crippen LogP contribution in [0.15, 0.2) is 23.1 Å². The first-order valence-electron chi connectivity index (χ1n) is 6.85. The molecule has 6 heteroatoms. The predicted molar refractivity (Wildman–Crippen MR) is 77.8 cm³/mol. The molecule has 1 heterocycles. The highest BCUT2D eigenvalue weighted by Crippen LogP contribution is 2.21. The van der Waals surface area contributed by atoms with Gasteiger partial charge in [0.05, 0.1) is 11.0 Å².